The molecule has 0 aliphatic carbocycles. The van der Waals surface area contributed by atoms with Crippen molar-refractivity contribution in [2.45, 2.75) is 0 Å². The molecule has 0 unspecified atom stereocenters. The van der Waals surface area contributed by atoms with E-state index in [2.05, 4.69) is 10.4 Å². The number of nitrogens with one attached hydrogen (secondary N) is 2. The van der Waals surface area contributed by atoms with Gasteiger partial charge in [0.15, 0.2) is 17.3 Å². The van der Waals surface area contributed by atoms with E-state index in [1.807, 2.05) is 0 Å². The number of nitrogens with zero attached hydrogens (tertiary/aromatic N) is 3. The van der Waals surface area contributed by atoms with E-state index >= 15 is 0 Å². The van der Waals surface area contributed by atoms with Crippen molar-refractivity contribution in [2.75, 3.05) is 20.8 Å². The van der Waals surface area contributed by atoms with Crippen LogP contribution in [0.2, 0.25) is 0 Å². The largest absolute Gasteiger partial charge is 0.509 e. The molecule has 0 saturated heterocycles. The fourth-order valence-electron chi connectivity index (χ4n) is 3.36. The number of amides is 1. The van der Waals surface area contributed by atoms with Crippen LogP contribution in [0.15, 0.2) is 53.6 Å². The number of methoxy groups -OCH3 is 2. The summed E-state index contributed by atoms with van der Waals surface area (Å²) in [6.45, 7) is -0.112. The Balaban J connectivity index is 1.52. The predicted octanol–water partition coefficient (Wildman–Crippen LogP) is 3.64. The highest BCUT2D eigenvalue weighted by Crippen LogP contribution is 2.33. The number of nitro groups is 1. The number of benzene rings is 2. The molecule has 1 aromatic heterocycles. The molecule has 0 fully saturated rings. The Kier molecular flexibility index (Phi) is 6.15. The number of carbonyl (C=O) groups excluding carboxylic acids is 1. The van der Waals surface area contributed by atoms with Gasteiger partial charge in [0.1, 0.15) is 10.8 Å². The molecule has 34 heavy (non-hydrogen) atoms. The Bertz CT molecular complexity index is 1330. The van der Waals surface area contributed by atoms with Gasteiger partial charge in [-0.05, 0) is 18.2 Å². The van der Waals surface area contributed by atoms with Crippen molar-refractivity contribution in [2.24, 2.45) is 0 Å². The van der Waals surface area contributed by atoms with E-state index < -0.39 is 10.8 Å². The van der Waals surface area contributed by atoms with Crippen LogP contribution in [0.25, 0.3) is 16.8 Å². The zero-order valence-electron chi connectivity index (χ0n) is 18.1. The van der Waals surface area contributed by atoms with E-state index in [0.29, 0.717) is 27.8 Å². The average molecular weight is 481 g/mol. The highest BCUT2D eigenvalue weighted by atomic mass is 32.1. The molecule has 0 spiro atoms. The summed E-state index contributed by atoms with van der Waals surface area (Å²) >= 11 is 1.18. The molecule has 11 nitrogen and oxygen atoms in total. The van der Waals surface area contributed by atoms with Gasteiger partial charge in [0, 0.05) is 28.6 Å². The van der Waals surface area contributed by atoms with Crippen molar-refractivity contribution >= 4 is 34.3 Å². The lowest BCUT2D eigenvalue weighted by Gasteiger charge is -2.19. The summed E-state index contributed by atoms with van der Waals surface area (Å²) in [5.41, 5.74) is 4.00. The second-order valence-electron chi connectivity index (χ2n) is 7.11. The number of non-ortho nitro benzene ring substituents is 1. The van der Waals surface area contributed by atoms with E-state index in [0.717, 1.165) is 0 Å². The van der Waals surface area contributed by atoms with Crippen molar-refractivity contribution in [3.05, 3.63) is 74.3 Å². The van der Waals surface area contributed by atoms with Crippen LogP contribution >= 0.6 is 11.3 Å². The van der Waals surface area contributed by atoms with Crippen LogP contribution in [-0.2, 0) is 0 Å². The van der Waals surface area contributed by atoms with Gasteiger partial charge < -0.3 is 14.6 Å². The third kappa shape index (κ3) is 4.26. The van der Waals surface area contributed by atoms with Crippen LogP contribution in [0.4, 0.5) is 5.69 Å². The number of aromatic nitrogens is 1. The number of rotatable bonds is 7. The second-order valence-corrected chi connectivity index (χ2v) is 7.97. The maximum Gasteiger partial charge on any atom is 0.270 e. The van der Waals surface area contributed by atoms with Crippen LogP contribution in [0.5, 0.6) is 11.5 Å². The van der Waals surface area contributed by atoms with Gasteiger partial charge in [0.25, 0.3) is 11.6 Å². The van der Waals surface area contributed by atoms with Crippen molar-refractivity contribution in [3.63, 3.8) is 0 Å². The standard InChI is InChI=1S/C22H19N5O6S/c1-32-17-7-6-13(9-18(17)33-2)21(29)25-26-10-16(28)19(20(26)23)22-24-15(11-34-22)12-4-3-5-14(8-12)27(30)31/h3-9,11,23,28H,10H2,1-2H3,(H,25,29). The SMILES string of the molecule is COc1ccc(C(=O)NN2CC(O)=C(c3nc(-c4cccc([N+](=O)[O-])c4)cs3)C2=N)cc1OC. The van der Waals surface area contributed by atoms with Crippen LogP contribution in [-0.4, -0.2) is 52.5 Å². The van der Waals surface area contributed by atoms with Crippen LogP contribution < -0.4 is 14.9 Å². The van der Waals surface area contributed by atoms with E-state index in [1.54, 1.807) is 29.6 Å². The van der Waals surface area contributed by atoms with Gasteiger partial charge in [-0.2, -0.15) is 0 Å². The van der Waals surface area contributed by atoms with Crippen molar-refractivity contribution in [1.29, 1.82) is 5.41 Å². The Morgan fingerprint density at radius 2 is 2.00 bits per heavy atom. The van der Waals surface area contributed by atoms with Crippen LogP contribution in [0.3, 0.4) is 0 Å². The number of hydrazine groups is 1. The highest BCUT2D eigenvalue weighted by Gasteiger charge is 2.32. The molecular formula is C22H19N5O6S. The van der Waals surface area contributed by atoms with Crippen molar-refractivity contribution < 1.29 is 24.3 Å². The summed E-state index contributed by atoms with van der Waals surface area (Å²) in [4.78, 5) is 27.7. The van der Waals surface area contributed by atoms with E-state index in [9.17, 15) is 20.0 Å². The fourth-order valence-corrected chi connectivity index (χ4v) is 4.26. The first-order valence-corrected chi connectivity index (χ1v) is 10.7. The Morgan fingerprint density at radius 1 is 1.24 bits per heavy atom. The number of aliphatic hydroxyl groups excluding tert-OH is 1. The fraction of sp³-hybridized carbons (Fsp3) is 0.136. The molecule has 2 aromatic carbocycles. The van der Waals surface area contributed by atoms with E-state index in [4.69, 9.17) is 14.9 Å². The zero-order chi connectivity index (χ0) is 24.4. The number of thiazole rings is 1. The zero-order valence-corrected chi connectivity index (χ0v) is 18.9. The number of hydrogen-bond donors (Lipinski definition) is 3. The number of ether oxygens (including phenoxy) is 2. The first-order valence-electron chi connectivity index (χ1n) is 9.84. The average Bonchev–Trinajstić information content (AvgIpc) is 3.42. The Labute approximate surface area is 197 Å². The minimum absolute atomic E-state index is 0.0632. The Hall–Kier alpha value is -4.45. The number of hydrogen-bond acceptors (Lipinski definition) is 9. The topological polar surface area (TPSA) is 151 Å². The number of nitro benzene ring substituents is 1. The molecule has 2 heterocycles. The summed E-state index contributed by atoms with van der Waals surface area (Å²) < 4.78 is 10.4. The summed E-state index contributed by atoms with van der Waals surface area (Å²) in [6.07, 6.45) is 0. The first kappa shape index (κ1) is 22.7. The Morgan fingerprint density at radius 3 is 2.71 bits per heavy atom. The first-order chi connectivity index (χ1) is 16.3. The molecule has 1 amide bonds. The van der Waals surface area contributed by atoms with Gasteiger partial charge in [-0.3, -0.25) is 30.8 Å². The monoisotopic (exact) mass is 481 g/mol. The molecule has 1 aliphatic rings. The lowest BCUT2D eigenvalue weighted by molar-refractivity contribution is -0.384. The summed E-state index contributed by atoms with van der Waals surface area (Å²) in [7, 11) is 2.95. The quantitative estimate of drug-likeness (QED) is 0.342. The molecule has 1 aliphatic heterocycles. The molecule has 3 aromatic rings. The molecule has 3 N–H and O–H groups in total. The molecule has 0 radical (unpaired) electrons. The van der Waals surface area contributed by atoms with Gasteiger partial charge in [-0.25, -0.2) is 4.98 Å². The summed E-state index contributed by atoms with van der Waals surface area (Å²) in [5.74, 6) is 0.0858. The molecule has 0 bridgehead atoms. The third-order valence-corrected chi connectivity index (χ3v) is 5.92. The van der Waals surface area contributed by atoms with Crippen LogP contribution in [0.1, 0.15) is 15.4 Å². The maximum absolute atomic E-state index is 12.7. The van der Waals surface area contributed by atoms with Crippen molar-refractivity contribution in [3.8, 4) is 22.8 Å². The number of aliphatic hydroxyl groups is 1. The molecule has 0 atom stereocenters. The highest BCUT2D eigenvalue weighted by molar-refractivity contribution is 7.11. The molecule has 174 valence electrons. The second kappa shape index (κ2) is 9.19. The van der Waals surface area contributed by atoms with Gasteiger partial charge in [-0.1, -0.05) is 12.1 Å². The van der Waals surface area contributed by atoms with Gasteiger partial charge >= 0.3 is 0 Å². The minimum Gasteiger partial charge on any atom is -0.509 e. The number of carbonyl (C=O) groups is 1. The van der Waals surface area contributed by atoms with Gasteiger partial charge in [0.2, 0.25) is 0 Å². The number of amidine groups is 1. The van der Waals surface area contributed by atoms with Gasteiger partial charge in [0.05, 0.1) is 37.0 Å². The maximum atomic E-state index is 12.7. The minimum atomic E-state index is -0.504. The molecule has 0 saturated carbocycles. The van der Waals surface area contributed by atoms with Gasteiger partial charge in [-0.15, -0.1) is 11.3 Å². The summed E-state index contributed by atoms with van der Waals surface area (Å²) in [6, 6.07) is 10.7. The third-order valence-electron chi connectivity index (χ3n) is 5.06. The smallest absolute Gasteiger partial charge is 0.270 e. The summed E-state index contributed by atoms with van der Waals surface area (Å²) in [5, 5.41) is 33.3. The van der Waals surface area contributed by atoms with Crippen LogP contribution in [0, 0.1) is 15.5 Å². The predicted molar refractivity (Wildman–Crippen MR) is 125 cm³/mol. The molecule has 12 heteroatoms. The van der Waals surface area contributed by atoms with Crippen molar-refractivity contribution in [1.82, 2.24) is 15.4 Å². The lowest BCUT2D eigenvalue weighted by Crippen LogP contribution is -2.43. The molecule has 4 rings (SSSR count). The van der Waals surface area contributed by atoms with E-state index in [1.165, 1.54) is 48.8 Å². The van der Waals surface area contributed by atoms with E-state index in [-0.39, 0.29) is 35.0 Å². The molecular weight excluding hydrogens is 462 g/mol. The lowest BCUT2D eigenvalue weighted by atomic mass is 10.1. The normalized spacial score (nSPS) is 13.2.